The molecule has 0 aliphatic heterocycles. The van der Waals surface area contributed by atoms with Crippen LogP contribution >= 0.6 is 0 Å². The van der Waals surface area contributed by atoms with Gasteiger partial charge in [0, 0.05) is 18.7 Å². The van der Waals surface area contributed by atoms with Gasteiger partial charge in [-0.05, 0) is 50.5 Å². The van der Waals surface area contributed by atoms with Crippen LogP contribution in [0.4, 0.5) is 0 Å². The van der Waals surface area contributed by atoms with Gasteiger partial charge < -0.3 is 10.1 Å². The Morgan fingerprint density at radius 2 is 1.88 bits per heavy atom. The average molecular weight is 343 g/mol. The molecule has 0 aliphatic rings. The van der Waals surface area contributed by atoms with Gasteiger partial charge in [-0.3, -0.25) is 4.79 Å². The summed E-state index contributed by atoms with van der Waals surface area (Å²) in [5, 5.41) is 7.51. The van der Waals surface area contributed by atoms with Crippen molar-refractivity contribution >= 4 is 5.91 Å². The van der Waals surface area contributed by atoms with Gasteiger partial charge in [0.15, 0.2) is 0 Å². The SMILES string of the molecule is Cc1cc(C)n(-c2ccc([C@@H](C)NC(=O)CCOCC(C)C)cc2)n1. The molecule has 0 bridgehead atoms. The quantitative estimate of drug-likeness (QED) is 0.743. The third-order valence-electron chi connectivity index (χ3n) is 3.95. The van der Waals surface area contributed by atoms with Crippen molar-refractivity contribution in [3.05, 3.63) is 47.3 Å². The first-order chi connectivity index (χ1) is 11.9. The van der Waals surface area contributed by atoms with Gasteiger partial charge >= 0.3 is 0 Å². The molecule has 1 heterocycles. The molecule has 0 saturated carbocycles. The number of carbonyl (C=O) groups is 1. The minimum Gasteiger partial charge on any atom is -0.381 e. The summed E-state index contributed by atoms with van der Waals surface area (Å²) in [6.07, 6.45) is 0.390. The summed E-state index contributed by atoms with van der Waals surface area (Å²) < 4.78 is 7.39. The Morgan fingerprint density at radius 1 is 1.20 bits per heavy atom. The van der Waals surface area contributed by atoms with Gasteiger partial charge in [0.25, 0.3) is 0 Å². The Bertz CT molecular complexity index is 689. The molecule has 5 heteroatoms. The average Bonchev–Trinajstić information content (AvgIpc) is 2.90. The zero-order valence-corrected chi connectivity index (χ0v) is 15.9. The van der Waals surface area contributed by atoms with Gasteiger partial charge in [-0.15, -0.1) is 0 Å². The first-order valence-corrected chi connectivity index (χ1v) is 8.87. The standard InChI is InChI=1S/C20H29N3O2/c1-14(2)13-25-11-10-20(24)21-17(5)18-6-8-19(9-7-18)23-16(4)12-15(3)22-23/h6-9,12,14,17H,10-11,13H2,1-5H3,(H,21,24)/t17-/m1/s1. The highest BCUT2D eigenvalue weighted by atomic mass is 16.5. The van der Waals surface area contributed by atoms with Crippen molar-refractivity contribution in [2.45, 2.75) is 47.1 Å². The van der Waals surface area contributed by atoms with Crippen LogP contribution in [0.1, 0.15) is 50.2 Å². The van der Waals surface area contributed by atoms with Crippen molar-refractivity contribution in [3.8, 4) is 5.69 Å². The van der Waals surface area contributed by atoms with Gasteiger partial charge in [0.2, 0.25) is 5.91 Å². The Hall–Kier alpha value is -2.14. The Morgan fingerprint density at radius 3 is 2.44 bits per heavy atom. The van der Waals surface area contributed by atoms with Crippen LogP contribution in [0.25, 0.3) is 5.69 Å². The van der Waals surface area contributed by atoms with Crippen LogP contribution in [-0.2, 0) is 9.53 Å². The number of amides is 1. The highest BCUT2D eigenvalue weighted by Crippen LogP contribution is 2.17. The van der Waals surface area contributed by atoms with E-state index in [0.29, 0.717) is 25.6 Å². The summed E-state index contributed by atoms with van der Waals surface area (Å²) in [5.74, 6) is 0.501. The van der Waals surface area contributed by atoms with E-state index in [9.17, 15) is 4.79 Å². The molecule has 1 aromatic heterocycles. The van der Waals surface area contributed by atoms with Crippen molar-refractivity contribution in [2.24, 2.45) is 5.92 Å². The van der Waals surface area contributed by atoms with E-state index in [1.165, 1.54) is 0 Å². The van der Waals surface area contributed by atoms with E-state index in [1.54, 1.807) is 0 Å². The fourth-order valence-electron chi connectivity index (χ4n) is 2.68. The molecule has 25 heavy (non-hydrogen) atoms. The van der Waals surface area contributed by atoms with Gasteiger partial charge in [-0.2, -0.15) is 5.10 Å². The lowest BCUT2D eigenvalue weighted by Crippen LogP contribution is -2.27. The summed E-state index contributed by atoms with van der Waals surface area (Å²) in [6.45, 7) is 11.4. The molecule has 0 aliphatic carbocycles. The largest absolute Gasteiger partial charge is 0.381 e. The monoisotopic (exact) mass is 343 g/mol. The number of benzene rings is 1. The first kappa shape index (κ1) is 19.2. The van der Waals surface area contributed by atoms with Crippen molar-refractivity contribution in [2.75, 3.05) is 13.2 Å². The third kappa shape index (κ3) is 5.71. The summed E-state index contributed by atoms with van der Waals surface area (Å²) in [4.78, 5) is 12.0. The minimum atomic E-state index is -0.0351. The fourth-order valence-corrected chi connectivity index (χ4v) is 2.68. The zero-order chi connectivity index (χ0) is 18.4. The second-order valence-electron chi connectivity index (χ2n) is 6.94. The highest BCUT2D eigenvalue weighted by molar-refractivity contribution is 5.76. The summed E-state index contributed by atoms with van der Waals surface area (Å²) >= 11 is 0. The maximum absolute atomic E-state index is 12.0. The van der Waals surface area contributed by atoms with E-state index in [-0.39, 0.29) is 11.9 Å². The van der Waals surface area contributed by atoms with Crippen LogP contribution in [0.5, 0.6) is 0 Å². The topological polar surface area (TPSA) is 56.2 Å². The maximum Gasteiger partial charge on any atom is 0.222 e. The predicted molar refractivity (Wildman–Crippen MR) is 99.9 cm³/mol. The van der Waals surface area contributed by atoms with E-state index in [4.69, 9.17) is 4.74 Å². The maximum atomic E-state index is 12.0. The lowest BCUT2D eigenvalue weighted by Gasteiger charge is -2.15. The first-order valence-electron chi connectivity index (χ1n) is 8.87. The van der Waals surface area contributed by atoms with Crippen LogP contribution in [0.2, 0.25) is 0 Å². The molecule has 2 rings (SSSR count). The number of aryl methyl sites for hydroxylation is 2. The van der Waals surface area contributed by atoms with Crippen LogP contribution in [0.3, 0.4) is 0 Å². The number of hydrogen-bond donors (Lipinski definition) is 1. The lowest BCUT2D eigenvalue weighted by atomic mass is 10.1. The Labute approximate surface area is 150 Å². The smallest absolute Gasteiger partial charge is 0.222 e. The molecule has 1 atom stereocenters. The van der Waals surface area contributed by atoms with Crippen molar-refractivity contribution < 1.29 is 9.53 Å². The number of hydrogen-bond acceptors (Lipinski definition) is 3. The molecule has 0 fully saturated rings. The molecule has 1 N–H and O–H groups in total. The van der Waals surface area contributed by atoms with Crippen LogP contribution in [-0.4, -0.2) is 28.9 Å². The predicted octanol–water partition coefficient (Wildman–Crippen LogP) is 3.73. The molecule has 1 amide bonds. The summed E-state index contributed by atoms with van der Waals surface area (Å²) in [5.41, 5.74) is 4.20. The second kappa shape index (κ2) is 8.81. The van der Waals surface area contributed by atoms with Gasteiger partial charge in [-0.1, -0.05) is 26.0 Å². The molecule has 5 nitrogen and oxygen atoms in total. The van der Waals surface area contributed by atoms with E-state index < -0.39 is 0 Å². The molecular formula is C20H29N3O2. The van der Waals surface area contributed by atoms with Crippen molar-refractivity contribution in [3.63, 3.8) is 0 Å². The normalized spacial score (nSPS) is 12.4. The van der Waals surface area contributed by atoms with E-state index >= 15 is 0 Å². The second-order valence-corrected chi connectivity index (χ2v) is 6.94. The summed E-state index contributed by atoms with van der Waals surface area (Å²) in [6, 6.07) is 10.1. The van der Waals surface area contributed by atoms with Gasteiger partial charge in [0.1, 0.15) is 0 Å². The number of nitrogens with one attached hydrogen (secondary N) is 1. The Kier molecular flexibility index (Phi) is 6.76. The van der Waals surface area contributed by atoms with Gasteiger partial charge in [0.05, 0.1) is 24.0 Å². The lowest BCUT2D eigenvalue weighted by molar-refractivity contribution is -0.122. The van der Waals surface area contributed by atoms with Crippen LogP contribution in [0.15, 0.2) is 30.3 Å². The molecule has 136 valence electrons. The van der Waals surface area contributed by atoms with Crippen LogP contribution in [0, 0.1) is 19.8 Å². The molecule has 0 unspecified atom stereocenters. The zero-order valence-electron chi connectivity index (χ0n) is 15.9. The van der Waals surface area contributed by atoms with Crippen molar-refractivity contribution in [1.29, 1.82) is 0 Å². The highest BCUT2D eigenvalue weighted by Gasteiger charge is 2.10. The van der Waals surface area contributed by atoms with E-state index in [0.717, 1.165) is 22.6 Å². The molecule has 2 aromatic rings. The number of aromatic nitrogens is 2. The fraction of sp³-hybridized carbons (Fsp3) is 0.500. The Balaban J connectivity index is 1.88. The number of nitrogens with zero attached hydrogens (tertiary/aromatic N) is 2. The molecular weight excluding hydrogens is 314 g/mol. The van der Waals surface area contributed by atoms with Crippen molar-refractivity contribution in [1.82, 2.24) is 15.1 Å². The third-order valence-corrected chi connectivity index (χ3v) is 3.95. The van der Waals surface area contributed by atoms with E-state index in [1.807, 2.05) is 49.7 Å². The number of rotatable bonds is 8. The molecule has 0 spiro atoms. The summed E-state index contributed by atoms with van der Waals surface area (Å²) in [7, 11) is 0. The number of ether oxygens (including phenoxy) is 1. The molecule has 0 saturated heterocycles. The molecule has 1 aromatic carbocycles. The van der Waals surface area contributed by atoms with Gasteiger partial charge in [-0.25, -0.2) is 4.68 Å². The van der Waals surface area contributed by atoms with E-state index in [2.05, 4.69) is 30.3 Å². The number of carbonyl (C=O) groups excluding carboxylic acids is 1. The van der Waals surface area contributed by atoms with Crippen LogP contribution < -0.4 is 5.32 Å². The minimum absolute atomic E-state index is 0.0129. The molecule has 0 radical (unpaired) electrons.